The van der Waals surface area contributed by atoms with Gasteiger partial charge < -0.3 is 10.2 Å². The molecule has 3 aromatic rings. The van der Waals surface area contributed by atoms with Gasteiger partial charge >= 0.3 is 6.18 Å². The molecule has 42 heavy (non-hydrogen) atoms. The summed E-state index contributed by atoms with van der Waals surface area (Å²) in [4.78, 5) is 28.0. The van der Waals surface area contributed by atoms with E-state index in [-0.39, 0.29) is 22.4 Å². The van der Waals surface area contributed by atoms with E-state index in [0.717, 1.165) is 17.7 Å². The fraction of sp³-hybridized carbons (Fsp3) is 0.333. The number of alkyl halides is 3. The first-order chi connectivity index (χ1) is 19.6. The largest absolute Gasteiger partial charge is 0.416 e. The van der Waals surface area contributed by atoms with Gasteiger partial charge in [-0.05, 0) is 61.2 Å². The van der Waals surface area contributed by atoms with E-state index < -0.39 is 51.9 Å². The minimum absolute atomic E-state index is 0.0443. The molecule has 2 amide bonds. The van der Waals surface area contributed by atoms with Gasteiger partial charge in [0.05, 0.1) is 21.2 Å². The maximum atomic E-state index is 14.0. The summed E-state index contributed by atoms with van der Waals surface area (Å²) in [5.41, 5.74) is -0.110. The van der Waals surface area contributed by atoms with Gasteiger partial charge in [0.15, 0.2) is 0 Å². The second kappa shape index (κ2) is 13.6. The summed E-state index contributed by atoms with van der Waals surface area (Å²) in [6.45, 7) is 6.56. The fourth-order valence-corrected chi connectivity index (χ4v) is 5.83. The van der Waals surface area contributed by atoms with Crippen molar-refractivity contribution in [1.82, 2.24) is 10.2 Å². The minimum Gasteiger partial charge on any atom is -0.354 e. The van der Waals surface area contributed by atoms with E-state index in [1.165, 1.54) is 36.1 Å². The molecule has 7 nitrogen and oxygen atoms in total. The van der Waals surface area contributed by atoms with Crippen LogP contribution in [-0.4, -0.2) is 44.3 Å². The van der Waals surface area contributed by atoms with E-state index in [9.17, 15) is 31.2 Å². The van der Waals surface area contributed by atoms with Gasteiger partial charge in [-0.15, -0.1) is 0 Å². The number of benzene rings is 3. The lowest BCUT2D eigenvalue weighted by molar-refractivity contribution is -0.139. The zero-order chi connectivity index (χ0) is 31.2. The molecule has 0 spiro atoms. The Bertz CT molecular complexity index is 1520. The van der Waals surface area contributed by atoms with E-state index in [4.69, 9.17) is 11.6 Å². The van der Waals surface area contributed by atoms with Crippen molar-refractivity contribution >= 4 is 39.1 Å². The SMILES string of the molecule is Cc1ccccc1CN(C(=O)CN(c1cc(C(F)(F)F)ccc1Cl)S(=O)(=O)c1ccccc1)[C@H](C)C(=O)NCC(C)C. The monoisotopic (exact) mass is 623 g/mol. The zero-order valence-electron chi connectivity index (χ0n) is 23.7. The molecule has 0 aromatic heterocycles. The third-order valence-corrected chi connectivity index (χ3v) is 8.70. The van der Waals surface area contributed by atoms with Gasteiger partial charge in [-0.25, -0.2) is 8.42 Å². The van der Waals surface area contributed by atoms with E-state index in [0.29, 0.717) is 22.5 Å². The second-order valence-corrected chi connectivity index (χ2v) is 12.5. The summed E-state index contributed by atoms with van der Waals surface area (Å²) in [6, 6.07) is 15.4. The van der Waals surface area contributed by atoms with Gasteiger partial charge in [-0.1, -0.05) is 67.9 Å². The Kier molecular flexibility index (Phi) is 10.7. The van der Waals surface area contributed by atoms with Gasteiger partial charge in [0.2, 0.25) is 11.8 Å². The molecule has 0 saturated heterocycles. The number of halogens is 4. The number of aryl methyl sites for hydroxylation is 1. The predicted molar refractivity (Wildman–Crippen MR) is 156 cm³/mol. The van der Waals surface area contributed by atoms with Gasteiger partial charge in [-0.2, -0.15) is 13.2 Å². The predicted octanol–water partition coefficient (Wildman–Crippen LogP) is 6.05. The molecule has 0 bridgehead atoms. The number of carbonyl (C=O) groups excluding carboxylic acids is 2. The molecule has 0 aliphatic heterocycles. The van der Waals surface area contributed by atoms with Gasteiger partial charge in [0.25, 0.3) is 10.0 Å². The third-order valence-electron chi connectivity index (χ3n) is 6.61. The molecule has 0 saturated carbocycles. The molecular weight excluding hydrogens is 591 g/mol. The maximum absolute atomic E-state index is 14.0. The number of nitrogens with zero attached hydrogens (tertiary/aromatic N) is 2. The van der Waals surface area contributed by atoms with Crippen LogP contribution in [0.4, 0.5) is 18.9 Å². The molecule has 0 radical (unpaired) electrons. The van der Waals surface area contributed by atoms with Crippen LogP contribution < -0.4 is 9.62 Å². The van der Waals surface area contributed by atoms with Crippen LogP contribution in [0.2, 0.25) is 5.02 Å². The summed E-state index contributed by atoms with van der Waals surface area (Å²) in [6.07, 6.45) is -4.80. The van der Waals surface area contributed by atoms with Crippen molar-refractivity contribution in [3.05, 3.63) is 94.5 Å². The summed E-state index contributed by atoms with van der Waals surface area (Å²) in [5.74, 6) is -1.13. The first-order valence-electron chi connectivity index (χ1n) is 13.2. The molecular formula is C30H33ClF3N3O4S. The maximum Gasteiger partial charge on any atom is 0.416 e. The molecule has 1 atom stereocenters. The molecule has 0 heterocycles. The van der Waals surface area contributed by atoms with E-state index in [1.54, 1.807) is 18.2 Å². The highest BCUT2D eigenvalue weighted by molar-refractivity contribution is 7.92. The Morgan fingerprint density at radius 2 is 1.57 bits per heavy atom. The molecule has 226 valence electrons. The van der Waals surface area contributed by atoms with Crippen LogP contribution in [-0.2, 0) is 32.3 Å². The number of anilines is 1. The van der Waals surface area contributed by atoms with Crippen molar-refractivity contribution in [3.63, 3.8) is 0 Å². The normalized spacial score (nSPS) is 12.6. The van der Waals surface area contributed by atoms with Crippen LogP contribution in [0.25, 0.3) is 0 Å². The Morgan fingerprint density at radius 3 is 2.17 bits per heavy atom. The van der Waals surface area contributed by atoms with Crippen molar-refractivity contribution in [2.45, 2.75) is 51.4 Å². The van der Waals surface area contributed by atoms with Crippen molar-refractivity contribution < 1.29 is 31.2 Å². The first kappa shape index (κ1) is 32.9. The number of amides is 2. The fourth-order valence-electron chi connectivity index (χ4n) is 4.12. The lowest BCUT2D eigenvalue weighted by atomic mass is 10.1. The van der Waals surface area contributed by atoms with Crippen molar-refractivity contribution in [1.29, 1.82) is 0 Å². The van der Waals surface area contributed by atoms with E-state index >= 15 is 0 Å². The van der Waals surface area contributed by atoms with Gasteiger partial charge in [-0.3, -0.25) is 13.9 Å². The van der Waals surface area contributed by atoms with Crippen molar-refractivity contribution in [3.8, 4) is 0 Å². The third kappa shape index (κ3) is 8.04. The Labute approximate surface area is 249 Å². The number of hydrogen-bond donors (Lipinski definition) is 1. The van der Waals surface area contributed by atoms with Crippen LogP contribution in [0.3, 0.4) is 0 Å². The molecule has 3 aromatic carbocycles. The van der Waals surface area contributed by atoms with Crippen LogP contribution in [0, 0.1) is 12.8 Å². The minimum atomic E-state index is -4.80. The Balaban J connectivity index is 2.12. The molecule has 0 aliphatic carbocycles. The topological polar surface area (TPSA) is 86.8 Å². The number of nitrogens with one attached hydrogen (secondary N) is 1. The molecule has 0 aliphatic rings. The summed E-state index contributed by atoms with van der Waals surface area (Å²) in [5, 5.41) is 2.48. The number of hydrogen-bond acceptors (Lipinski definition) is 4. The van der Waals surface area contributed by atoms with Crippen LogP contribution in [0.5, 0.6) is 0 Å². The number of carbonyl (C=O) groups is 2. The number of sulfonamides is 1. The van der Waals surface area contributed by atoms with Gasteiger partial charge in [0.1, 0.15) is 12.6 Å². The Morgan fingerprint density at radius 1 is 0.952 bits per heavy atom. The first-order valence-corrected chi connectivity index (χ1v) is 15.0. The highest BCUT2D eigenvalue weighted by atomic mass is 35.5. The second-order valence-electron chi connectivity index (χ2n) is 10.3. The van der Waals surface area contributed by atoms with Crippen molar-refractivity contribution in [2.75, 3.05) is 17.4 Å². The molecule has 1 N–H and O–H groups in total. The number of rotatable bonds is 11. The van der Waals surface area contributed by atoms with Crippen LogP contribution >= 0.6 is 11.6 Å². The highest BCUT2D eigenvalue weighted by Gasteiger charge is 2.36. The van der Waals surface area contributed by atoms with E-state index in [1.807, 2.05) is 32.9 Å². The summed E-state index contributed by atoms with van der Waals surface area (Å²) in [7, 11) is -4.58. The zero-order valence-corrected chi connectivity index (χ0v) is 25.2. The van der Waals surface area contributed by atoms with Crippen molar-refractivity contribution in [2.24, 2.45) is 5.92 Å². The lowest BCUT2D eigenvalue weighted by Gasteiger charge is -2.32. The standard InChI is InChI=1S/C30H33ClF3N3O4S/c1-20(2)17-35-29(39)22(4)36(18-23-11-9-8-10-21(23)3)28(38)19-37(42(40,41)25-12-6-5-7-13-25)27-16-24(30(32,33)34)14-15-26(27)31/h5-16,20,22H,17-19H2,1-4H3,(H,35,39)/t22-/m1/s1. The molecule has 0 unspecified atom stereocenters. The molecule has 3 rings (SSSR count). The van der Waals surface area contributed by atoms with Crippen LogP contribution in [0.15, 0.2) is 77.7 Å². The highest BCUT2D eigenvalue weighted by Crippen LogP contribution is 2.37. The average Bonchev–Trinajstić information content (AvgIpc) is 2.94. The van der Waals surface area contributed by atoms with E-state index in [2.05, 4.69) is 5.32 Å². The average molecular weight is 624 g/mol. The smallest absolute Gasteiger partial charge is 0.354 e. The molecule has 0 fully saturated rings. The van der Waals surface area contributed by atoms with Crippen LogP contribution in [0.1, 0.15) is 37.5 Å². The lowest BCUT2D eigenvalue weighted by Crippen LogP contribution is -2.51. The summed E-state index contributed by atoms with van der Waals surface area (Å²) < 4.78 is 69.2. The van der Waals surface area contributed by atoms with Gasteiger partial charge in [0, 0.05) is 13.1 Å². The Hall–Kier alpha value is -3.57. The quantitative estimate of drug-likeness (QED) is 0.282. The molecule has 12 heteroatoms. The summed E-state index contributed by atoms with van der Waals surface area (Å²) >= 11 is 6.27.